The SMILES string of the molecule is COc1ccc(C(NC(=O)c2ccc(N(C)C)cc2)C2CC(O)C2)cn1. The molecule has 3 rings (SSSR count). The van der Waals surface area contributed by atoms with E-state index in [0.717, 1.165) is 11.3 Å². The van der Waals surface area contributed by atoms with E-state index in [9.17, 15) is 9.90 Å². The first kappa shape index (κ1) is 18.2. The third-order valence-electron chi connectivity index (χ3n) is 4.88. The number of benzene rings is 1. The zero-order valence-corrected chi connectivity index (χ0v) is 15.3. The monoisotopic (exact) mass is 355 g/mol. The zero-order valence-electron chi connectivity index (χ0n) is 15.3. The Labute approximate surface area is 153 Å². The van der Waals surface area contributed by atoms with Crippen LogP contribution in [0.25, 0.3) is 0 Å². The second kappa shape index (κ2) is 7.74. The molecule has 2 N–H and O–H groups in total. The van der Waals surface area contributed by atoms with Gasteiger partial charge in [-0.25, -0.2) is 4.98 Å². The minimum atomic E-state index is -0.287. The molecule has 2 aromatic rings. The van der Waals surface area contributed by atoms with E-state index in [1.807, 2.05) is 49.3 Å². The normalized spacial score (nSPS) is 20.0. The molecule has 0 bridgehead atoms. The van der Waals surface area contributed by atoms with Crippen molar-refractivity contribution >= 4 is 11.6 Å². The second-order valence-corrected chi connectivity index (χ2v) is 6.91. The fourth-order valence-electron chi connectivity index (χ4n) is 3.21. The summed E-state index contributed by atoms with van der Waals surface area (Å²) in [5.74, 6) is 0.606. The highest BCUT2D eigenvalue weighted by Crippen LogP contribution is 2.38. The first-order valence-corrected chi connectivity index (χ1v) is 8.74. The van der Waals surface area contributed by atoms with E-state index < -0.39 is 0 Å². The number of nitrogens with one attached hydrogen (secondary N) is 1. The quantitative estimate of drug-likeness (QED) is 0.832. The van der Waals surface area contributed by atoms with Crippen LogP contribution in [0.5, 0.6) is 5.88 Å². The van der Waals surface area contributed by atoms with Crippen molar-refractivity contribution in [2.75, 3.05) is 26.1 Å². The third kappa shape index (κ3) is 3.96. The smallest absolute Gasteiger partial charge is 0.251 e. The molecule has 1 fully saturated rings. The van der Waals surface area contributed by atoms with Gasteiger partial charge >= 0.3 is 0 Å². The molecular weight excluding hydrogens is 330 g/mol. The maximum absolute atomic E-state index is 12.7. The van der Waals surface area contributed by atoms with Gasteiger partial charge in [-0.1, -0.05) is 6.07 Å². The fourth-order valence-corrected chi connectivity index (χ4v) is 3.21. The van der Waals surface area contributed by atoms with E-state index in [0.29, 0.717) is 24.3 Å². The first-order chi connectivity index (χ1) is 12.5. The topological polar surface area (TPSA) is 74.7 Å². The lowest BCUT2D eigenvalue weighted by molar-refractivity contribution is 0.0234. The third-order valence-corrected chi connectivity index (χ3v) is 4.88. The van der Waals surface area contributed by atoms with Crippen molar-refractivity contribution < 1.29 is 14.6 Å². The van der Waals surface area contributed by atoms with Gasteiger partial charge < -0.3 is 20.1 Å². The minimum absolute atomic E-state index is 0.127. The largest absolute Gasteiger partial charge is 0.481 e. The van der Waals surface area contributed by atoms with Gasteiger partial charge in [0, 0.05) is 37.6 Å². The number of hydrogen-bond acceptors (Lipinski definition) is 5. The van der Waals surface area contributed by atoms with E-state index in [4.69, 9.17) is 4.74 Å². The number of hydrogen-bond donors (Lipinski definition) is 2. The molecule has 1 heterocycles. The average Bonchev–Trinajstić information content (AvgIpc) is 2.64. The van der Waals surface area contributed by atoms with Gasteiger partial charge in [0.2, 0.25) is 5.88 Å². The van der Waals surface area contributed by atoms with E-state index in [2.05, 4.69) is 10.3 Å². The van der Waals surface area contributed by atoms with Crippen LogP contribution in [0.1, 0.15) is 34.8 Å². The molecule has 1 atom stereocenters. The Morgan fingerprint density at radius 1 is 1.23 bits per heavy atom. The lowest BCUT2D eigenvalue weighted by atomic mass is 9.75. The van der Waals surface area contributed by atoms with Crippen LogP contribution in [-0.4, -0.2) is 43.3 Å². The number of carbonyl (C=O) groups is 1. The van der Waals surface area contributed by atoms with Crippen molar-refractivity contribution in [1.29, 1.82) is 0 Å². The number of carbonyl (C=O) groups excluding carboxylic acids is 1. The predicted octanol–water partition coefficient (Wildman–Crippen LogP) is 2.40. The van der Waals surface area contributed by atoms with Gasteiger partial charge in [0.25, 0.3) is 5.91 Å². The molecule has 0 aliphatic heterocycles. The Bertz CT molecular complexity index is 738. The number of nitrogens with zero attached hydrogens (tertiary/aromatic N) is 2. The highest BCUT2D eigenvalue weighted by Gasteiger charge is 2.36. The number of methoxy groups -OCH3 is 1. The predicted molar refractivity (Wildman–Crippen MR) is 100 cm³/mol. The Hall–Kier alpha value is -2.60. The summed E-state index contributed by atoms with van der Waals surface area (Å²) in [4.78, 5) is 19.0. The molecule has 138 valence electrons. The van der Waals surface area contributed by atoms with E-state index in [-0.39, 0.29) is 24.0 Å². The molecule has 1 unspecified atom stereocenters. The van der Waals surface area contributed by atoms with Crippen molar-refractivity contribution in [3.8, 4) is 5.88 Å². The molecule has 1 aliphatic rings. The van der Waals surface area contributed by atoms with Crippen LogP contribution in [0.3, 0.4) is 0 Å². The Kier molecular flexibility index (Phi) is 5.42. The summed E-state index contributed by atoms with van der Waals surface area (Å²) in [5.41, 5.74) is 2.57. The summed E-state index contributed by atoms with van der Waals surface area (Å²) < 4.78 is 5.11. The molecule has 26 heavy (non-hydrogen) atoms. The fraction of sp³-hybridized carbons (Fsp3) is 0.400. The van der Waals surface area contributed by atoms with Crippen LogP contribution in [0.15, 0.2) is 42.6 Å². The molecule has 1 amide bonds. The maximum Gasteiger partial charge on any atom is 0.251 e. The number of amides is 1. The second-order valence-electron chi connectivity index (χ2n) is 6.91. The minimum Gasteiger partial charge on any atom is -0.481 e. The highest BCUT2D eigenvalue weighted by molar-refractivity contribution is 5.94. The molecule has 0 radical (unpaired) electrons. The number of anilines is 1. The van der Waals surface area contributed by atoms with Gasteiger partial charge in [0.15, 0.2) is 0 Å². The number of rotatable bonds is 6. The van der Waals surface area contributed by atoms with Crippen LogP contribution in [-0.2, 0) is 0 Å². The van der Waals surface area contributed by atoms with E-state index >= 15 is 0 Å². The van der Waals surface area contributed by atoms with Crippen LogP contribution in [0.4, 0.5) is 5.69 Å². The average molecular weight is 355 g/mol. The Morgan fingerprint density at radius 2 is 1.92 bits per heavy atom. The van der Waals surface area contributed by atoms with Gasteiger partial charge in [-0.15, -0.1) is 0 Å². The van der Waals surface area contributed by atoms with Gasteiger partial charge in [0.05, 0.1) is 19.3 Å². The summed E-state index contributed by atoms with van der Waals surface area (Å²) in [5, 5.41) is 12.8. The highest BCUT2D eigenvalue weighted by atomic mass is 16.5. The van der Waals surface area contributed by atoms with Crippen LogP contribution in [0, 0.1) is 5.92 Å². The van der Waals surface area contributed by atoms with Crippen LogP contribution in [0.2, 0.25) is 0 Å². The molecule has 6 nitrogen and oxygen atoms in total. The van der Waals surface area contributed by atoms with E-state index in [1.165, 1.54) is 0 Å². The van der Waals surface area contributed by atoms with Gasteiger partial charge in [-0.2, -0.15) is 0 Å². The van der Waals surface area contributed by atoms with Crippen molar-refractivity contribution in [3.63, 3.8) is 0 Å². The summed E-state index contributed by atoms with van der Waals surface area (Å²) in [6.45, 7) is 0. The standard InChI is InChI=1S/C20H25N3O3/c1-23(2)16-7-4-13(5-8-16)20(25)22-19(15-10-17(24)11-15)14-6-9-18(26-3)21-12-14/h4-9,12,15,17,19,24H,10-11H2,1-3H3,(H,22,25). The lowest BCUT2D eigenvalue weighted by Gasteiger charge is -2.38. The van der Waals surface area contributed by atoms with Gasteiger partial charge in [0.1, 0.15) is 0 Å². The molecule has 0 spiro atoms. The van der Waals surface area contributed by atoms with Crippen LogP contribution < -0.4 is 15.0 Å². The molecular formula is C20H25N3O3. The van der Waals surface area contributed by atoms with E-state index in [1.54, 1.807) is 19.4 Å². The summed E-state index contributed by atoms with van der Waals surface area (Å²) in [6.07, 6.45) is 2.79. The summed E-state index contributed by atoms with van der Waals surface area (Å²) >= 11 is 0. The van der Waals surface area contributed by atoms with Crippen molar-refractivity contribution in [2.24, 2.45) is 5.92 Å². The molecule has 6 heteroatoms. The summed E-state index contributed by atoms with van der Waals surface area (Å²) in [7, 11) is 5.49. The molecule has 1 saturated carbocycles. The molecule has 1 aromatic carbocycles. The molecule has 0 saturated heterocycles. The van der Waals surface area contributed by atoms with Gasteiger partial charge in [-0.05, 0) is 48.6 Å². The summed E-state index contributed by atoms with van der Waals surface area (Å²) in [6, 6.07) is 11.0. The van der Waals surface area contributed by atoms with Crippen LogP contribution >= 0.6 is 0 Å². The Balaban J connectivity index is 1.77. The number of aliphatic hydroxyl groups excluding tert-OH is 1. The number of aromatic nitrogens is 1. The van der Waals surface area contributed by atoms with Crippen molar-refractivity contribution in [3.05, 3.63) is 53.7 Å². The molecule has 1 aliphatic carbocycles. The first-order valence-electron chi connectivity index (χ1n) is 8.74. The van der Waals surface area contributed by atoms with Crippen molar-refractivity contribution in [2.45, 2.75) is 25.0 Å². The Morgan fingerprint density at radius 3 is 2.42 bits per heavy atom. The maximum atomic E-state index is 12.7. The van der Waals surface area contributed by atoms with Gasteiger partial charge in [-0.3, -0.25) is 4.79 Å². The number of aliphatic hydroxyl groups is 1. The number of pyridine rings is 1. The molecule has 1 aromatic heterocycles. The lowest BCUT2D eigenvalue weighted by Crippen LogP contribution is -2.41. The van der Waals surface area contributed by atoms with Crippen molar-refractivity contribution in [1.82, 2.24) is 10.3 Å². The zero-order chi connectivity index (χ0) is 18.7. The number of ether oxygens (including phenoxy) is 1.